The van der Waals surface area contributed by atoms with E-state index in [1.165, 1.54) is 29.5 Å². The van der Waals surface area contributed by atoms with Crippen LogP contribution in [0.4, 0.5) is 4.39 Å². The molecule has 2 heterocycles. The minimum Gasteiger partial charge on any atom is -0.466 e. The Bertz CT molecular complexity index is 1390. The number of aryl methyl sites for hydroxylation is 1. The number of benzene rings is 2. The average molecular weight is 524 g/mol. The Balaban J connectivity index is 1.52. The summed E-state index contributed by atoms with van der Waals surface area (Å²) in [5.41, 5.74) is 2.33. The molecule has 0 bridgehead atoms. The lowest BCUT2D eigenvalue weighted by atomic mass is 9.96. The zero-order valence-corrected chi connectivity index (χ0v) is 22.0. The van der Waals surface area contributed by atoms with Crippen molar-refractivity contribution in [2.45, 2.75) is 40.2 Å². The summed E-state index contributed by atoms with van der Waals surface area (Å²) >= 11 is 1.37. The predicted molar refractivity (Wildman–Crippen MR) is 139 cm³/mol. The lowest BCUT2D eigenvalue weighted by Gasteiger charge is -2.31. The maximum absolute atomic E-state index is 14.1. The van der Waals surface area contributed by atoms with Crippen LogP contribution >= 0.6 is 11.3 Å². The molecule has 1 aliphatic heterocycles. The predicted octanol–water partition coefficient (Wildman–Crippen LogP) is 4.51. The molecule has 0 saturated carbocycles. The number of carbonyl (C=O) groups excluding carboxylic acids is 3. The van der Waals surface area contributed by atoms with Crippen LogP contribution in [0.2, 0.25) is 0 Å². The Morgan fingerprint density at radius 3 is 2.51 bits per heavy atom. The van der Waals surface area contributed by atoms with Gasteiger partial charge in [-0.2, -0.15) is 4.99 Å². The highest BCUT2D eigenvalue weighted by molar-refractivity contribution is 7.09. The maximum Gasteiger partial charge on any atom is 0.309 e. The molecule has 0 spiro atoms. The van der Waals surface area contributed by atoms with E-state index in [9.17, 15) is 18.8 Å². The number of aromatic nitrogens is 1. The standard InChI is InChI=1S/C28H30FN3O4S/c1-4-36-27(35)21-12-14-31(15-13-21)26(34)22-9-7-8-20(16-22)17-32-18(2)19(3)37-28(32)30-25(33)23-10-5-6-11-24(23)29/h5-11,16,21H,4,12-15,17H2,1-3H3. The van der Waals surface area contributed by atoms with Crippen LogP contribution in [0.25, 0.3) is 0 Å². The Morgan fingerprint density at radius 1 is 1.08 bits per heavy atom. The van der Waals surface area contributed by atoms with Crippen molar-refractivity contribution in [3.05, 3.63) is 86.4 Å². The van der Waals surface area contributed by atoms with Gasteiger partial charge in [-0.05, 0) is 63.4 Å². The molecule has 9 heteroatoms. The molecule has 1 saturated heterocycles. The summed E-state index contributed by atoms with van der Waals surface area (Å²) in [4.78, 5) is 45.3. The van der Waals surface area contributed by atoms with Crippen LogP contribution in [-0.4, -0.2) is 46.9 Å². The zero-order chi connectivity index (χ0) is 26.5. The summed E-state index contributed by atoms with van der Waals surface area (Å²) in [7, 11) is 0. The monoisotopic (exact) mass is 523 g/mol. The van der Waals surface area contributed by atoms with Gasteiger partial charge in [0.1, 0.15) is 5.82 Å². The van der Waals surface area contributed by atoms with Gasteiger partial charge in [-0.3, -0.25) is 14.4 Å². The Morgan fingerprint density at radius 2 is 1.81 bits per heavy atom. The minimum atomic E-state index is -0.636. The van der Waals surface area contributed by atoms with Crippen LogP contribution in [-0.2, 0) is 16.1 Å². The SMILES string of the molecule is CCOC(=O)C1CCN(C(=O)c2cccc(Cn3c(C)c(C)sc3=NC(=O)c3ccccc3F)c2)CC1. The molecule has 194 valence electrons. The molecule has 0 unspecified atom stereocenters. The summed E-state index contributed by atoms with van der Waals surface area (Å²) in [5, 5.41) is 0. The summed E-state index contributed by atoms with van der Waals surface area (Å²) in [6.45, 7) is 7.46. The first-order valence-corrected chi connectivity index (χ1v) is 13.2. The highest BCUT2D eigenvalue weighted by Gasteiger charge is 2.28. The van der Waals surface area contributed by atoms with E-state index in [-0.39, 0.29) is 23.4 Å². The number of ether oxygens (including phenoxy) is 1. The number of nitrogens with zero attached hydrogens (tertiary/aromatic N) is 3. The fourth-order valence-electron chi connectivity index (χ4n) is 4.40. The van der Waals surface area contributed by atoms with Crippen LogP contribution in [0.5, 0.6) is 0 Å². The largest absolute Gasteiger partial charge is 0.466 e. The second-order valence-electron chi connectivity index (χ2n) is 9.03. The van der Waals surface area contributed by atoms with Crippen molar-refractivity contribution in [3.63, 3.8) is 0 Å². The molecule has 37 heavy (non-hydrogen) atoms. The average Bonchev–Trinajstić information content (AvgIpc) is 3.16. The van der Waals surface area contributed by atoms with Crippen LogP contribution < -0.4 is 4.80 Å². The van der Waals surface area contributed by atoms with Crippen molar-refractivity contribution in [1.29, 1.82) is 0 Å². The number of halogens is 1. The Labute approximate surface area is 219 Å². The third-order valence-corrected chi connectivity index (χ3v) is 7.70. The molecule has 7 nitrogen and oxygen atoms in total. The molecule has 0 aliphatic carbocycles. The Kier molecular flexibility index (Phi) is 8.33. The van der Waals surface area contributed by atoms with Gasteiger partial charge in [-0.25, -0.2) is 4.39 Å². The fraction of sp³-hybridized carbons (Fsp3) is 0.357. The number of likely N-dealkylation sites (tertiary alicyclic amines) is 1. The topological polar surface area (TPSA) is 81.0 Å². The molecular weight excluding hydrogens is 493 g/mol. The highest BCUT2D eigenvalue weighted by atomic mass is 32.1. The molecule has 3 aromatic rings. The van der Waals surface area contributed by atoms with Crippen molar-refractivity contribution < 1.29 is 23.5 Å². The van der Waals surface area contributed by atoms with Gasteiger partial charge in [0.05, 0.1) is 24.6 Å². The van der Waals surface area contributed by atoms with Gasteiger partial charge < -0.3 is 14.2 Å². The third kappa shape index (κ3) is 6.05. The van der Waals surface area contributed by atoms with Gasteiger partial charge >= 0.3 is 5.97 Å². The van der Waals surface area contributed by atoms with E-state index in [1.807, 2.05) is 36.6 Å². The van der Waals surface area contributed by atoms with Gasteiger partial charge in [0.25, 0.3) is 11.8 Å². The smallest absolute Gasteiger partial charge is 0.309 e. The van der Waals surface area contributed by atoms with E-state index >= 15 is 0 Å². The van der Waals surface area contributed by atoms with Crippen LogP contribution in [0.3, 0.4) is 0 Å². The van der Waals surface area contributed by atoms with Gasteiger partial charge in [0.2, 0.25) is 0 Å². The lowest BCUT2D eigenvalue weighted by Crippen LogP contribution is -2.40. The summed E-state index contributed by atoms with van der Waals surface area (Å²) in [6.07, 6.45) is 1.18. The van der Waals surface area contributed by atoms with Gasteiger partial charge in [0.15, 0.2) is 4.80 Å². The summed E-state index contributed by atoms with van der Waals surface area (Å²) in [6, 6.07) is 13.2. The van der Waals surface area contributed by atoms with Crippen molar-refractivity contribution >= 4 is 29.1 Å². The quantitative estimate of drug-likeness (QED) is 0.445. The molecule has 0 N–H and O–H groups in total. The first-order chi connectivity index (χ1) is 17.8. The van der Waals surface area contributed by atoms with E-state index in [4.69, 9.17) is 4.74 Å². The highest BCUT2D eigenvalue weighted by Crippen LogP contribution is 2.21. The second-order valence-corrected chi connectivity index (χ2v) is 10.2. The summed E-state index contributed by atoms with van der Waals surface area (Å²) in [5.74, 6) is -1.67. The number of rotatable bonds is 6. The molecular formula is C28H30FN3O4S. The number of carbonyl (C=O) groups is 3. The van der Waals surface area contributed by atoms with E-state index in [0.29, 0.717) is 49.4 Å². The molecule has 1 aromatic heterocycles. The van der Waals surface area contributed by atoms with E-state index in [2.05, 4.69) is 4.99 Å². The van der Waals surface area contributed by atoms with E-state index in [1.54, 1.807) is 24.0 Å². The van der Waals surface area contributed by atoms with Gasteiger partial charge in [0, 0.05) is 29.2 Å². The van der Waals surface area contributed by atoms with Crippen molar-refractivity contribution in [2.24, 2.45) is 10.9 Å². The van der Waals surface area contributed by atoms with Crippen LogP contribution in [0.1, 0.15) is 56.6 Å². The second kappa shape index (κ2) is 11.6. The molecule has 1 aliphatic rings. The number of esters is 1. The molecule has 0 radical (unpaired) electrons. The molecule has 4 rings (SSSR count). The van der Waals surface area contributed by atoms with Crippen molar-refractivity contribution in [3.8, 4) is 0 Å². The molecule has 2 amide bonds. The minimum absolute atomic E-state index is 0.0722. The van der Waals surface area contributed by atoms with E-state index in [0.717, 1.165) is 16.1 Å². The first-order valence-electron chi connectivity index (χ1n) is 12.3. The van der Waals surface area contributed by atoms with Crippen molar-refractivity contribution in [1.82, 2.24) is 9.47 Å². The molecule has 1 fully saturated rings. The number of hydrogen-bond acceptors (Lipinski definition) is 5. The van der Waals surface area contributed by atoms with Gasteiger partial charge in [-0.15, -0.1) is 11.3 Å². The fourth-order valence-corrected chi connectivity index (χ4v) is 5.37. The number of thiazole rings is 1. The van der Waals surface area contributed by atoms with Gasteiger partial charge in [-0.1, -0.05) is 24.3 Å². The van der Waals surface area contributed by atoms with E-state index < -0.39 is 11.7 Å². The summed E-state index contributed by atoms with van der Waals surface area (Å²) < 4.78 is 21.1. The first kappa shape index (κ1) is 26.5. The van der Waals surface area contributed by atoms with Crippen LogP contribution in [0.15, 0.2) is 53.5 Å². The maximum atomic E-state index is 14.1. The lowest BCUT2D eigenvalue weighted by molar-refractivity contribution is -0.149. The number of piperidine rings is 1. The Hall–Kier alpha value is -3.59. The normalized spacial score (nSPS) is 14.6. The van der Waals surface area contributed by atoms with Crippen LogP contribution in [0, 0.1) is 25.6 Å². The number of hydrogen-bond donors (Lipinski definition) is 0. The zero-order valence-electron chi connectivity index (χ0n) is 21.2. The third-order valence-electron chi connectivity index (χ3n) is 6.61. The molecule has 0 atom stereocenters. The van der Waals surface area contributed by atoms with Crippen molar-refractivity contribution in [2.75, 3.05) is 19.7 Å². The number of amides is 2. The molecule has 2 aromatic carbocycles.